The van der Waals surface area contributed by atoms with E-state index in [0.29, 0.717) is 54.2 Å². The van der Waals surface area contributed by atoms with E-state index in [1.54, 1.807) is 4.90 Å². The number of ketones is 1. The number of hydrogen-bond acceptors (Lipinski definition) is 6. The highest BCUT2D eigenvalue weighted by molar-refractivity contribution is 7.13. The summed E-state index contributed by atoms with van der Waals surface area (Å²) in [5.41, 5.74) is -1.93. The molecular weight excluding hydrogens is 531 g/mol. The fourth-order valence-corrected chi connectivity index (χ4v) is 6.54. The van der Waals surface area contributed by atoms with Gasteiger partial charge in [0.2, 0.25) is 5.91 Å². The summed E-state index contributed by atoms with van der Waals surface area (Å²) in [4.78, 5) is 43.7. The van der Waals surface area contributed by atoms with Gasteiger partial charge in [0.1, 0.15) is 15.5 Å². The summed E-state index contributed by atoms with van der Waals surface area (Å²) < 4.78 is 38.8. The molecule has 2 aliphatic rings. The first-order valence-electron chi connectivity index (χ1n) is 13.4. The van der Waals surface area contributed by atoms with Crippen LogP contribution in [0.5, 0.6) is 0 Å². The average Bonchev–Trinajstić information content (AvgIpc) is 3.59. The smallest absolute Gasteiger partial charge is 0.383 e. The van der Waals surface area contributed by atoms with E-state index >= 15 is 0 Å². The fourth-order valence-electron chi connectivity index (χ4n) is 5.56. The number of nitrogens with one attached hydrogen (secondary N) is 1. The van der Waals surface area contributed by atoms with E-state index < -0.39 is 23.1 Å². The van der Waals surface area contributed by atoms with Gasteiger partial charge in [-0.25, -0.2) is 4.98 Å². The van der Waals surface area contributed by atoms with Crippen LogP contribution in [-0.4, -0.2) is 52.2 Å². The Balaban J connectivity index is 1.21. The molecule has 1 saturated carbocycles. The van der Waals surface area contributed by atoms with Crippen molar-refractivity contribution < 1.29 is 32.7 Å². The van der Waals surface area contributed by atoms with E-state index in [4.69, 9.17) is 0 Å². The predicted molar refractivity (Wildman–Crippen MR) is 140 cm³/mol. The van der Waals surface area contributed by atoms with Crippen molar-refractivity contribution in [3.8, 4) is 0 Å². The molecule has 212 valence electrons. The van der Waals surface area contributed by atoms with Gasteiger partial charge in [0.25, 0.3) is 5.91 Å². The molecule has 1 aromatic heterocycles. The van der Waals surface area contributed by atoms with Gasteiger partial charge < -0.3 is 15.3 Å². The number of carbonyl (C=O) groups is 3. The van der Waals surface area contributed by atoms with Crippen molar-refractivity contribution in [3.63, 3.8) is 0 Å². The summed E-state index contributed by atoms with van der Waals surface area (Å²) in [6.45, 7) is 3.60. The van der Waals surface area contributed by atoms with Crippen molar-refractivity contribution in [2.24, 2.45) is 11.8 Å². The van der Waals surface area contributed by atoms with E-state index in [0.717, 1.165) is 37.8 Å². The van der Waals surface area contributed by atoms with Gasteiger partial charge in [-0.2, -0.15) is 13.2 Å². The maximum atomic E-state index is 12.9. The lowest BCUT2D eigenvalue weighted by Crippen LogP contribution is -2.32. The molecule has 1 atom stereocenters. The molecule has 1 saturated heterocycles. The first kappa shape index (κ1) is 29.2. The van der Waals surface area contributed by atoms with Gasteiger partial charge in [-0.05, 0) is 69.4 Å². The average molecular weight is 566 g/mol. The number of hydrogen-bond donors (Lipinski definition) is 2. The van der Waals surface area contributed by atoms with Crippen LogP contribution < -0.4 is 5.32 Å². The minimum absolute atomic E-state index is 0.0235. The third-order valence-electron chi connectivity index (χ3n) is 7.78. The first-order valence-corrected chi connectivity index (χ1v) is 14.2. The van der Waals surface area contributed by atoms with Gasteiger partial charge in [0.05, 0.1) is 11.8 Å². The SMILES string of the molecule is CCNC(=O)c1cnc(C2(O)CCC(CC3CCN(C(=O)CCC(=O)c4cccc(C(F)(F)F)c4)C3)CC2)s1. The van der Waals surface area contributed by atoms with Crippen molar-refractivity contribution >= 4 is 28.9 Å². The molecule has 2 fully saturated rings. The van der Waals surface area contributed by atoms with Crippen molar-refractivity contribution in [3.05, 3.63) is 51.5 Å². The van der Waals surface area contributed by atoms with Crippen LogP contribution in [0.1, 0.15) is 88.9 Å². The molecule has 1 aromatic carbocycles. The summed E-state index contributed by atoms with van der Waals surface area (Å²) in [7, 11) is 0. The standard InChI is InChI=1S/C28H34F3N3O4S/c1-2-32-25(37)23-16-33-26(39-23)27(38)11-8-18(9-12-27)14-19-10-13-34(17-19)24(36)7-6-22(35)20-4-3-5-21(15-20)28(29,30)31/h3-5,15-16,18-19,38H,2,6-14,17H2,1H3,(H,32,37). The van der Waals surface area contributed by atoms with Crippen molar-refractivity contribution in [2.75, 3.05) is 19.6 Å². The molecule has 0 bridgehead atoms. The number of alkyl halides is 3. The Bertz CT molecular complexity index is 1190. The zero-order chi connectivity index (χ0) is 28.2. The van der Waals surface area contributed by atoms with Crippen LogP contribution in [0.15, 0.2) is 30.5 Å². The molecule has 7 nitrogen and oxygen atoms in total. The fraction of sp³-hybridized carbons (Fsp3) is 0.571. The highest BCUT2D eigenvalue weighted by Crippen LogP contribution is 2.43. The van der Waals surface area contributed by atoms with E-state index in [1.165, 1.54) is 29.7 Å². The third kappa shape index (κ3) is 7.25. The zero-order valence-corrected chi connectivity index (χ0v) is 22.7. The number of benzene rings is 1. The van der Waals surface area contributed by atoms with E-state index in [1.807, 2.05) is 6.92 Å². The van der Waals surface area contributed by atoms with Crippen molar-refractivity contribution in [1.29, 1.82) is 0 Å². The van der Waals surface area contributed by atoms with Crippen LogP contribution in [0, 0.1) is 11.8 Å². The summed E-state index contributed by atoms with van der Waals surface area (Å²) >= 11 is 1.24. The summed E-state index contributed by atoms with van der Waals surface area (Å²) in [6, 6.07) is 4.30. The van der Waals surface area contributed by atoms with Gasteiger partial charge >= 0.3 is 6.18 Å². The molecule has 4 rings (SSSR count). The Morgan fingerprint density at radius 1 is 1.15 bits per heavy atom. The quantitative estimate of drug-likeness (QED) is 0.408. The number of aromatic nitrogens is 1. The van der Waals surface area contributed by atoms with Crippen LogP contribution in [0.4, 0.5) is 13.2 Å². The van der Waals surface area contributed by atoms with Crippen molar-refractivity contribution in [1.82, 2.24) is 15.2 Å². The maximum absolute atomic E-state index is 12.9. The molecule has 39 heavy (non-hydrogen) atoms. The minimum Gasteiger partial charge on any atom is -0.383 e. The molecule has 1 aliphatic heterocycles. The lowest BCUT2D eigenvalue weighted by Gasteiger charge is -2.35. The number of halogens is 3. The molecule has 0 spiro atoms. The number of thiazole rings is 1. The van der Waals surface area contributed by atoms with Gasteiger partial charge in [0.15, 0.2) is 5.78 Å². The maximum Gasteiger partial charge on any atom is 0.416 e. The molecule has 1 unspecified atom stereocenters. The molecule has 2 N–H and O–H groups in total. The lowest BCUT2D eigenvalue weighted by molar-refractivity contribution is -0.137. The molecule has 1 aliphatic carbocycles. The van der Waals surface area contributed by atoms with Crippen LogP contribution in [0.2, 0.25) is 0 Å². The van der Waals surface area contributed by atoms with Gasteiger partial charge in [-0.3, -0.25) is 14.4 Å². The normalized spacial score (nSPS) is 23.6. The highest BCUT2D eigenvalue weighted by atomic mass is 32.1. The number of Topliss-reactive ketones (excluding diaryl/α,β-unsaturated/α-hetero) is 1. The van der Waals surface area contributed by atoms with E-state index in [-0.39, 0.29) is 30.2 Å². The zero-order valence-electron chi connectivity index (χ0n) is 21.9. The number of aliphatic hydroxyl groups is 1. The van der Waals surface area contributed by atoms with E-state index in [2.05, 4.69) is 10.3 Å². The van der Waals surface area contributed by atoms with Crippen LogP contribution in [0.3, 0.4) is 0 Å². The second-order valence-electron chi connectivity index (χ2n) is 10.6. The van der Waals surface area contributed by atoms with E-state index in [9.17, 15) is 32.7 Å². The molecule has 0 radical (unpaired) electrons. The Morgan fingerprint density at radius 3 is 2.59 bits per heavy atom. The van der Waals surface area contributed by atoms with Crippen LogP contribution in [0.25, 0.3) is 0 Å². The summed E-state index contributed by atoms with van der Waals surface area (Å²) in [6.07, 6.45) is 1.49. The monoisotopic (exact) mass is 565 g/mol. The first-order chi connectivity index (χ1) is 18.5. The number of amides is 2. The molecule has 2 amide bonds. The topological polar surface area (TPSA) is 99.6 Å². The Labute approximate surface area is 229 Å². The second-order valence-corrected chi connectivity index (χ2v) is 11.6. The molecule has 2 heterocycles. The van der Waals surface area contributed by atoms with Crippen LogP contribution >= 0.6 is 11.3 Å². The largest absolute Gasteiger partial charge is 0.416 e. The Hall–Kier alpha value is -2.79. The van der Waals surface area contributed by atoms with Gasteiger partial charge in [-0.1, -0.05) is 12.1 Å². The summed E-state index contributed by atoms with van der Waals surface area (Å²) in [5.74, 6) is -0.0381. The van der Waals surface area contributed by atoms with Crippen molar-refractivity contribution in [2.45, 2.75) is 70.1 Å². The minimum atomic E-state index is -4.52. The Kier molecular flexibility index (Phi) is 9.10. The van der Waals surface area contributed by atoms with Gasteiger partial charge in [0, 0.05) is 38.0 Å². The van der Waals surface area contributed by atoms with Crippen LogP contribution in [-0.2, 0) is 16.6 Å². The molecule has 11 heteroatoms. The predicted octanol–water partition coefficient (Wildman–Crippen LogP) is 5.19. The molecule has 2 aromatic rings. The number of likely N-dealkylation sites (tertiary alicyclic amines) is 1. The second kappa shape index (κ2) is 12.2. The number of nitrogens with zero attached hydrogens (tertiary/aromatic N) is 2. The lowest BCUT2D eigenvalue weighted by atomic mass is 9.75. The Morgan fingerprint density at radius 2 is 1.90 bits per heavy atom. The summed E-state index contributed by atoms with van der Waals surface area (Å²) in [5, 5.41) is 14.5. The third-order valence-corrected chi connectivity index (χ3v) is 8.97. The number of rotatable bonds is 9. The number of carbonyl (C=O) groups excluding carboxylic acids is 3. The van der Waals surface area contributed by atoms with Gasteiger partial charge in [-0.15, -0.1) is 11.3 Å². The molecular formula is C28H34F3N3O4S. The highest BCUT2D eigenvalue weighted by Gasteiger charge is 2.39.